The lowest BCUT2D eigenvalue weighted by atomic mass is 9.89. The van der Waals surface area contributed by atoms with Gasteiger partial charge in [-0.2, -0.15) is 0 Å². The quantitative estimate of drug-likeness (QED) is 0.675. The smallest absolute Gasteiger partial charge is 0.339 e. The van der Waals surface area contributed by atoms with Gasteiger partial charge in [-0.1, -0.05) is 6.92 Å². The fourth-order valence-electron chi connectivity index (χ4n) is 2.43. The van der Waals surface area contributed by atoms with Gasteiger partial charge in [0.1, 0.15) is 11.3 Å². The van der Waals surface area contributed by atoms with Gasteiger partial charge < -0.3 is 9.84 Å². The number of nitrogens with zero attached hydrogens (tertiary/aromatic N) is 1. The van der Waals surface area contributed by atoms with Gasteiger partial charge in [0.15, 0.2) is 0 Å². The summed E-state index contributed by atoms with van der Waals surface area (Å²) >= 11 is 0. The molecule has 1 aliphatic carbocycles. The molecule has 6 nitrogen and oxygen atoms in total. The maximum absolute atomic E-state index is 11.1. The van der Waals surface area contributed by atoms with E-state index in [2.05, 4.69) is 6.92 Å². The van der Waals surface area contributed by atoms with Crippen LogP contribution in [0, 0.1) is 16.0 Å². The Balaban J connectivity index is 2.21. The number of carboxylic acids is 1. The summed E-state index contributed by atoms with van der Waals surface area (Å²) in [6, 6.07) is 3.60. The molecule has 2 rings (SSSR count). The normalized spacial score (nSPS) is 22.2. The number of hydrogen-bond acceptors (Lipinski definition) is 4. The lowest BCUT2D eigenvalue weighted by Crippen LogP contribution is -2.23. The van der Waals surface area contributed by atoms with Gasteiger partial charge >= 0.3 is 5.97 Å². The third-order valence-electron chi connectivity index (χ3n) is 3.66. The fourth-order valence-corrected chi connectivity index (χ4v) is 2.43. The molecule has 6 heteroatoms. The van der Waals surface area contributed by atoms with Crippen molar-refractivity contribution in [3.05, 3.63) is 33.9 Å². The van der Waals surface area contributed by atoms with Gasteiger partial charge in [0, 0.05) is 6.07 Å². The van der Waals surface area contributed by atoms with Crippen LogP contribution in [-0.4, -0.2) is 22.1 Å². The van der Waals surface area contributed by atoms with E-state index in [1.165, 1.54) is 18.2 Å². The molecule has 0 bridgehead atoms. The minimum absolute atomic E-state index is 0.0331. The second-order valence-corrected chi connectivity index (χ2v) is 5.24. The van der Waals surface area contributed by atoms with Gasteiger partial charge in [-0.05, 0) is 37.7 Å². The highest BCUT2D eigenvalue weighted by molar-refractivity contribution is 5.91. The first-order valence-corrected chi connectivity index (χ1v) is 6.65. The number of carbonyl (C=O) groups is 1. The van der Waals surface area contributed by atoms with Crippen LogP contribution < -0.4 is 4.74 Å². The number of aromatic carboxylic acids is 1. The van der Waals surface area contributed by atoms with Crippen LogP contribution in [0.4, 0.5) is 5.69 Å². The Morgan fingerprint density at radius 1 is 1.35 bits per heavy atom. The second kappa shape index (κ2) is 5.90. The maximum Gasteiger partial charge on any atom is 0.339 e. The minimum atomic E-state index is -1.14. The highest BCUT2D eigenvalue weighted by Gasteiger charge is 2.23. The summed E-state index contributed by atoms with van der Waals surface area (Å²) in [7, 11) is 0. The van der Waals surface area contributed by atoms with E-state index in [4.69, 9.17) is 9.84 Å². The van der Waals surface area contributed by atoms with Crippen LogP contribution in [0.15, 0.2) is 18.2 Å². The summed E-state index contributed by atoms with van der Waals surface area (Å²) in [6.45, 7) is 2.17. The molecule has 0 radical (unpaired) electrons. The van der Waals surface area contributed by atoms with E-state index in [1.54, 1.807) is 0 Å². The van der Waals surface area contributed by atoms with Crippen molar-refractivity contribution in [3.8, 4) is 5.75 Å². The minimum Gasteiger partial charge on any atom is -0.489 e. The average molecular weight is 279 g/mol. The first-order valence-electron chi connectivity index (χ1n) is 6.65. The lowest BCUT2D eigenvalue weighted by Gasteiger charge is -2.27. The van der Waals surface area contributed by atoms with Crippen LogP contribution in [0.5, 0.6) is 5.75 Å². The molecule has 0 heterocycles. The number of rotatable bonds is 4. The molecule has 0 aliphatic heterocycles. The molecular weight excluding hydrogens is 262 g/mol. The van der Waals surface area contributed by atoms with Crippen molar-refractivity contribution in [1.82, 2.24) is 0 Å². The molecule has 108 valence electrons. The summed E-state index contributed by atoms with van der Waals surface area (Å²) in [5, 5.41) is 19.9. The number of nitro benzene ring substituents is 1. The summed E-state index contributed by atoms with van der Waals surface area (Å²) in [6.07, 6.45) is 3.70. The van der Waals surface area contributed by atoms with E-state index in [9.17, 15) is 14.9 Å². The molecule has 0 aromatic heterocycles. The molecule has 1 aromatic carbocycles. The van der Waals surface area contributed by atoms with Crippen LogP contribution in [0.3, 0.4) is 0 Å². The number of hydrogen-bond donors (Lipinski definition) is 1. The third kappa shape index (κ3) is 3.26. The summed E-state index contributed by atoms with van der Waals surface area (Å²) < 4.78 is 5.70. The average Bonchev–Trinajstić information content (AvgIpc) is 2.41. The molecule has 1 saturated carbocycles. The third-order valence-corrected chi connectivity index (χ3v) is 3.66. The van der Waals surface area contributed by atoms with Crippen molar-refractivity contribution in [2.45, 2.75) is 38.7 Å². The Morgan fingerprint density at radius 3 is 2.55 bits per heavy atom. The largest absolute Gasteiger partial charge is 0.489 e. The summed E-state index contributed by atoms with van der Waals surface area (Å²) in [5.41, 5.74) is -0.191. The van der Waals surface area contributed by atoms with Gasteiger partial charge in [-0.25, -0.2) is 4.79 Å². The first-order chi connectivity index (χ1) is 9.47. The van der Waals surface area contributed by atoms with Crippen LogP contribution in [0.25, 0.3) is 0 Å². The highest BCUT2D eigenvalue weighted by Crippen LogP contribution is 2.31. The molecule has 1 N–H and O–H groups in total. The second-order valence-electron chi connectivity index (χ2n) is 5.24. The van der Waals surface area contributed by atoms with Gasteiger partial charge in [0.05, 0.1) is 17.1 Å². The lowest BCUT2D eigenvalue weighted by molar-refractivity contribution is -0.385. The van der Waals surface area contributed by atoms with Crippen LogP contribution in [0.1, 0.15) is 43.0 Å². The Labute approximate surface area is 116 Å². The zero-order chi connectivity index (χ0) is 14.7. The molecule has 0 saturated heterocycles. The van der Waals surface area contributed by atoms with E-state index in [-0.39, 0.29) is 23.1 Å². The molecule has 1 aliphatic rings. The Bertz CT molecular complexity index is 520. The van der Waals surface area contributed by atoms with Crippen LogP contribution in [0.2, 0.25) is 0 Å². The van der Waals surface area contributed by atoms with Crippen molar-refractivity contribution in [2.75, 3.05) is 0 Å². The Kier molecular flexibility index (Phi) is 4.22. The first kappa shape index (κ1) is 14.3. The van der Waals surface area contributed by atoms with E-state index in [0.29, 0.717) is 5.92 Å². The van der Waals surface area contributed by atoms with Gasteiger partial charge in [-0.15, -0.1) is 0 Å². The van der Waals surface area contributed by atoms with E-state index in [1.807, 2.05) is 0 Å². The molecule has 1 aromatic rings. The predicted molar refractivity (Wildman–Crippen MR) is 72.1 cm³/mol. The van der Waals surface area contributed by atoms with Crippen molar-refractivity contribution in [3.63, 3.8) is 0 Å². The van der Waals surface area contributed by atoms with Gasteiger partial charge in [0.2, 0.25) is 0 Å². The number of non-ortho nitro benzene ring substituents is 1. The SMILES string of the molecule is CC1CCC(Oc2cc([N+](=O)[O-])ccc2C(=O)O)CC1. The topological polar surface area (TPSA) is 89.7 Å². The standard InChI is InChI=1S/C14H17NO5/c1-9-2-5-11(6-3-9)20-13-8-10(15(18)19)4-7-12(13)14(16)17/h4,7-9,11H,2-3,5-6H2,1H3,(H,16,17). The molecule has 20 heavy (non-hydrogen) atoms. The predicted octanol–water partition coefficient (Wildman–Crippen LogP) is 3.25. The van der Waals surface area contributed by atoms with E-state index >= 15 is 0 Å². The molecule has 0 atom stereocenters. The highest BCUT2D eigenvalue weighted by atomic mass is 16.6. The molecule has 0 amide bonds. The van der Waals surface area contributed by atoms with E-state index in [0.717, 1.165) is 25.7 Å². The molecule has 0 spiro atoms. The van der Waals surface area contributed by atoms with Crippen molar-refractivity contribution < 1.29 is 19.6 Å². The van der Waals surface area contributed by atoms with Gasteiger partial charge in [0.25, 0.3) is 5.69 Å². The van der Waals surface area contributed by atoms with Crippen molar-refractivity contribution in [2.24, 2.45) is 5.92 Å². The van der Waals surface area contributed by atoms with Crippen molar-refractivity contribution >= 4 is 11.7 Å². The van der Waals surface area contributed by atoms with Crippen molar-refractivity contribution in [1.29, 1.82) is 0 Å². The Hall–Kier alpha value is -2.11. The monoisotopic (exact) mass is 279 g/mol. The van der Waals surface area contributed by atoms with E-state index < -0.39 is 10.9 Å². The number of carboxylic acid groups (broad SMARTS) is 1. The number of nitro groups is 1. The Morgan fingerprint density at radius 2 is 2.00 bits per heavy atom. The number of benzene rings is 1. The molecule has 1 fully saturated rings. The number of ether oxygens (including phenoxy) is 1. The zero-order valence-electron chi connectivity index (χ0n) is 11.2. The molecule has 0 unspecified atom stereocenters. The molecular formula is C14H17NO5. The zero-order valence-corrected chi connectivity index (χ0v) is 11.2. The van der Waals surface area contributed by atoms with Crippen LogP contribution >= 0.6 is 0 Å². The van der Waals surface area contributed by atoms with Crippen LogP contribution in [-0.2, 0) is 0 Å². The summed E-state index contributed by atoms with van der Waals surface area (Å²) in [5.74, 6) is -0.399. The maximum atomic E-state index is 11.1. The summed E-state index contributed by atoms with van der Waals surface area (Å²) in [4.78, 5) is 21.4. The van der Waals surface area contributed by atoms with Gasteiger partial charge in [-0.3, -0.25) is 10.1 Å². The fraction of sp³-hybridized carbons (Fsp3) is 0.500.